The Morgan fingerprint density at radius 2 is 2.24 bits per heavy atom. The molecule has 0 unspecified atom stereocenters. The van der Waals surface area contributed by atoms with Crippen LogP contribution in [0.15, 0.2) is 28.6 Å². The van der Waals surface area contributed by atoms with Crippen LogP contribution in [-0.4, -0.2) is 16.1 Å². The Bertz CT molecular complexity index is 663. The first-order valence-corrected chi connectivity index (χ1v) is 8.27. The predicted octanol–water partition coefficient (Wildman–Crippen LogP) is 3.44. The second kappa shape index (κ2) is 7.76. The molecule has 2 aromatic rings. The minimum absolute atomic E-state index is 0.0416. The minimum atomic E-state index is -0.0416. The number of nitrogens with zero attached hydrogens (tertiary/aromatic N) is 3. The van der Waals surface area contributed by atoms with E-state index in [1.807, 2.05) is 25.1 Å². The van der Waals surface area contributed by atoms with E-state index < -0.39 is 0 Å². The van der Waals surface area contributed by atoms with Gasteiger partial charge in [0.1, 0.15) is 0 Å². The number of carbonyl (C=O) groups excluding carboxylic acids is 1. The van der Waals surface area contributed by atoms with Gasteiger partial charge in [-0.3, -0.25) is 4.79 Å². The number of aromatic nitrogens is 2. The Morgan fingerprint density at radius 1 is 1.43 bits per heavy atom. The molecule has 7 heteroatoms. The van der Waals surface area contributed by atoms with E-state index in [9.17, 15) is 4.79 Å². The maximum absolute atomic E-state index is 11.5. The van der Waals surface area contributed by atoms with Crippen molar-refractivity contribution in [3.05, 3.63) is 35.4 Å². The summed E-state index contributed by atoms with van der Waals surface area (Å²) in [4.78, 5) is 11.5. The van der Waals surface area contributed by atoms with Gasteiger partial charge in [-0.2, -0.15) is 5.26 Å². The number of thioether (sulfide) groups is 1. The fourth-order valence-corrected chi connectivity index (χ4v) is 3.39. The van der Waals surface area contributed by atoms with Crippen molar-refractivity contribution in [1.29, 1.82) is 5.26 Å². The van der Waals surface area contributed by atoms with Gasteiger partial charge in [-0.25, -0.2) is 0 Å². The molecule has 0 saturated heterocycles. The number of benzene rings is 1. The van der Waals surface area contributed by atoms with E-state index >= 15 is 0 Å². The molecule has 5 nitrogen and oxygen atoms in total. The van der Waals surface area contributed by atoms with E-state index in [0.29, 0.717) is 22.9 Å². The Labute approximate surface area is 131 Å². The summed E-state index contributed by atoms with van der Waals surface area (Å²) in [6.45, 7) is 1.95. The molecular weight excluding hydrogens is 304 g/mol. The molecule has 0 bridgehead atoms. The summed E-state index contributed by atoms with van der Waals surface area (Å²) >= 11 is 2.85. The topological polar surface area (TPSA) is 78.7 Å². The lowest BCUT2D eigenvalue weighted by Crippen LogP contribution is -2.10. The van der Waals surface area contributed by atoms with Crippen LogP contribution in [0.25, 0.3) is 0 Å². The summed E-state index contributed by atoms with van der Waals surface area (Å²) in [5.74, 6) is 0.612. The standard InChI is InChI=1S/C14H14N4OS2/c1-2-5-12(19)16-13-17-18-14(21-13)20-9-11-7-4-3-6-10(11)8-15/h3-4,6-7H,2,5,9H2,1H3,(H,16,17,19). The molecule has 2 rings (SSSR count). The lowest BCUT2D eigenvalue weighted by molar-refractivity contribution is -0.116. The van der Waals surface area contributed by atoms with Gasteiger partial charge in [-0.1, -0.05) is 48.2 Å². The Hall–Kier alpha value is -1.91. The van der Waals surface area contributed by atoms with Crippen LogP contribution in [0, 0.1) is 11.3 Å². The average Bonchev–Trinajstić information content (AvgIpc) is 2.93. The van der Waals surface area contributed by atoms with Crippen molar-refractivity contribution in [2.24, 2.45) is 0 Å². The molecule has 0 aliphatic carbocycles. The van der Waals surface area contributed by atoms with Crippen molar-refractivity contribution in [1.82, 2.24) is 10.2 Å². The van der Waals surface area contributed by atoms with E-state index in [4.69, 9.17) is 5.26 Å². The number of anilines is 1. The quantitative estimate of drug-likeness (QED) is 0.652. The molecule has 0 fully saturated rings. The van der Waals surface area contributed by atoms with E-state index in [1.54, 1.807) is 6.07 Å². The molecule has 0 atom stereocenters. The zero-order valence-corrected chi connectivity index (χ0v) is 13.1. The number of hydrogen-bond acceptors (Lipinski definition) is 6. The van der Waals surface area contributed by atoms with Crippen LogP contribution < -0.4 is 5.32 Å². The van der Waals surface area contributed by atoms with Crippen LogP contribution in [-0.2, 0) is 10.5 Å². The molecule has 1 amide bonds. The van der Waals surface area contributed by atoms with E-state index in [0.717, 1.165) is 16.3 Å². The van der Waals surface area contributed by atoms with Gasteiger partial charge in [-0.05, 0) is 18.1 Å². The number of hydrogen-bond donors (Lipinski definition) is 1. The first-order chi connectivity index (χ1) is 10.2. The van der Waals surface area contributed by atoms with E-state index in [-0.39, 0.29) is 5.91 Å². The fourth-order valence-electron chi connectivity index (χ4n) is 1.62. The van der Waals surface area contributed by atoms with Crippen LogP contribution in [0.1, 0.15) is 30.9 Å². The molecule has 21 heavy (non-hydrogen) atoms. The molecule has 1 aromatic carbocycles. The average molecular weight is 318 g/mol. The molecule has 1 heterocycles. The van der Waals surface area contributed by atoms with Gasteiger partial charge >= 0.3 is 0 Å². The van der Waals surface area contributed by atoms with Crippen LogP contribution in [0.4, 0.5) is 5.13 Å². The van der Waals surface area contributed by atoms with Crippen molar-refractivity contribution in [2.75, 3.05) is 5.32 Å². The smallest absolute Gasteiger partial charge is 0.226 e. The summed E-state index contributed by atoms with van der Waals surface area (Å²) < 4.78 is 0.773. The molecular formula is C14H14N4OS2. The maximum atomic E-state index is 11.5. The van der Waals surface area contributed by atoms with Gasteiger partial charge in [0, 0.05) is 12.2 Å². The highest BCUT2D eigenvalue weighted by Gasteiger charge is 2.09. The molecule has 1 aromatic heterocycles. The van der Waals surface area contributed by atoms with Crippen molar-refractivity contribution >= 4 is 34.1 Å². The van der Waals surface area contributed by atoms with Crippen molar-refractivity contribution in [3.8, 4) is 6.07 Å². The third-order valence-electron chi connectivity index (χ3n) is 2.62. The third kappa shape index (κ3) is 4.55. The summed E-state index contributed by atoms with van der Waals surface area (Å²) in [5.41, 5.74) is 1.64. The van der Waals surface area contributed by atoms with Gasteiger partial charge in [-0.15, -0.1) is 10.2 Å². The molecule has 0 saturated carbocycles. The highest BCUT2D eigenvalue weighted by atomic mass is 32.2. The van der Waals surface area contributed by atoms with Gasteiger partial charge < -0.3 is 5.32 Å². The number of rotatable bonds is 6. The monoisotopic (exact) mass is 318 g/mol. The normalized spacial score (nSPS) is 10.1. The van der Waals surface area contributed by atoms with Crippen LogP contribution in [0.3, 0.4) is 0 Å². The third-order valence-corrected chi connectivity index (χ3v) is 4.64. The largest absolute Gasteiger partial charge is 0.301 e. The predicted molar refractivity (Wildman–Crippen MR) is 84.2 cm³/mol. The van der Waals surface area contributed by atoms with Crippen LogP contribution in [0.2, 0.25) is 0 Å². The second-order valence-electron chi connectivity index (χ2n) is 4.23. The Morgan fingerprint density at radius 3 is 3.00 bits per heavy atom. The molecule has 0 spiro atoms. The first-order valence-electron chi connectivity index (χ1n) is 6.47. The molecule has 0 aliphatic heterocycles. The number of amides is 1. The molecule has 1 N–H and O–H groups in total. The Balaban J connectivity index is 1.94. The lowest BCUT2D eigenvalue weighted by Gasteiger charge is -2.00. The second-order valence-corrected chi connectivity index (χ2v) is 6.43. The summed E-state index contributed by atoms with van der Waals surface area (Å²) in [5, 5.41) is 20.3. The maximum Gasteiger partial charge on any atom is 0.226 e. The number of carbonyl (C=O) groups is 1. The highest BCUT2D eigenvalue weighted by Crippen LogP contribution is 2.29. The lowest BCUT2D eigenvalue weighted by atomic mass is 10.1. The van der Waals surface area contributed by atoms with Crippen molar-refractivity contribution in [3.63, 3.8) is 0 Å². The van der Waals surface area contributed by atoms with E-state index in [1.165, 1.54) is 23.1 Å². The van der Waals surface area contributed by atoms with E-state index in [2.05, 4.69) is 21.6 Å². The number of nitrogens with one attached hydrogen (secondary N) is 1. The minimum Gasteiger partial charge on any atom is -0.301 e. The summed E-state index contributed by atoms with van der Waals surface area (Å²) in [6.07, 6.45) is 1.29. The zero-order valence-electron chi connectivity index (χ0n) is 11.5. The summed E-state index contributed by atoms with van der Waals surface area (Å²) in [7, 11) is 0. The highest BCUT2D eigenvalue weighted by molar-refractivity contribution is 8.00. The molecule has 0 aliphatic rings. The van der Waals surface area contributed by atoms with Gasteiger partial charge in [0.05, 0.1) is 11.6 Å². The van der Waals surface area contributed by atoms with Gasteiger partial charge in [0.15, 0.2) is 4.34 Å². The van der Waals surface area contributed by atoms with Crippen LogP contribution in [0.5, 0.6) is 0 Å². The Kier molecular flexibility index (Phi) is 5.72. The number of nitriles is 1. The fraction of sp³-hybridized carbons (Fsp3) is 0.286. The zero-order chi connectivity index (χ0) is 15.1. The summed E-state index contributed by atoms with van der Waals surface area (Å²) in [6, 6.07) is 9.66. The molecule has 0 radical (unpaired) electrons. The van der Waals surface area contributed by atoms with Crippen molar-refractivity contribution < 1.29 is 4.79 Å². The van der Waals surface area contributed by atoms with Crippen molar-refractivity contribution in [2.45, 2.75) is 29.9 Å². The first kappa shape index (κ1) is 15.5. The van der Waals surface area contributed by atoms with Crippen LogP contribution >= 0.6 is 23.1 Å². The van der Waals surface area contributed by atoms with Gasteiger partial charge in [0.2, 0.25) is 11.0 Å². The van der Waals surface area contributed by atoms with Gasteiger partial charge in [0.25, 0.3) is 0 Å². The SMILES string of the molecule is CCCC(=O)Nc1nnc(SCc2ccccc2C#N)s1. The molecule has 108 valence electrons.